The number of hydrogen-bond acceptors (Lipinski definition) is 8. The van der Waals surface area contributed by atoms with Crippen LogP contribution in [0, 0.1) is 0 Å². The number of amides is 3. The lowest BCUT2D eigenvalue weighted by atomic mass is 10.0. The Balaban J connectivity index is 1.34. The zero-order chi connectivity index (χ0) is 31.1. The Morgan fingerprint density at radius 3 is 2.48 bits per heavy atom. The number of hydrazine groups is 1. The molecule has 2 fully saturated rings. The average Bonchev–Trinajstić information content (AvgIpc) is 3.57. The molecule has 240 valence electrons. The van der Waals surface area contributed by atoms with Gasteiger partial charge in [0.05, 0.1) is 25.0 Å². The summed E-state index contributed by atoms with van der Waals surface area (Å²) in [4.78, 5) is 40.1. The van der Waals surface area contributed by atoms with E-state index in [1.165, 1.54) is 25.7 Å². The van der Waals surface area contributed by atoms with Crippen molar-refractivity contribution in [2.24, 2.45) is 0 Å². The van der Waals surface area contributed by atoms with Gasteiger partial charge in [-0.15, -0.1) is 0 Å². The first-order valence-corrected chi connectivity index (χ1v) is 16.6. The van der Waals surface area contributed by atoms with E-state index >= 15 is 0 Å². The van der Waals surface area contributed by atoms with Crippen molar-refractivity contribution in [1.82, 2.24) is 25.2 Å². The predicted octanol–water partition coefficient (Wildman–Crippen LogP) is 5.95. The van der Waals surface area contributed by atoms with E-state index in [-0.39, 0.29) is 24.0 Å². The Labute approximate surface area is 262 Å². The largest absolute Gasteiger partial charge is 0.495 e. The van der Waals surface area contributed by atoms with Gasteiger partial charge in [0.1, 0.15) is 11.4 Å². The van der Waals surface area contributed by atoms with Gasteiger partial charge in [-0.05, 0) is 70.4 Å². The number of methoxy groups -OCH3 is 1. The number of unbranched alkanes of at least 4 members (excludes halogenated alkanes) is 5. The third kappa shape index (κ3) is 7.36. The average molecular weight is 607 g/mol. The molecule has 3 amide bonds. The number of fused-ring (bicyclic) bond motifs is 1. The fourth-order valence-corrected chi connectivity index (χ4v) is 6.56. The molecule has 1 saturated carbocycles. The summed E-state index contributed by atoms with van der Waals surface area (Å²) in [5.41, 5.74) is 1.93. The number of benzene rings is 1. The quantitative estimate of drug-likeness (QED) is 0.270. The van der Waals surface area contributed by atoms with Crippen molar-refractivity contribution in [3.63, 3.8) is 0 Å². The number of hydrogen-bond donors (Lipinski definition) is 2. The summed E-state index contributed by atoms with van der Waals surface area (Å²) < 4.78 is 5.68. The highest BCUT2D eigenvalue weighted by atomic mass is 16.5. The number of anilines is 4. The van der Waals surface area contributed by atoms with Gasteiger partial charge in [0, 0.05) is 25.2 Å². The van der Waals surface area contributed by atoms with Crippen LogP contribution in [0.5, 0.6) is 5.75 Å². The Kier molecular flexibility index (Phi) is 10.8. The molecule has 5 rings (SSSR count). The summed E-state index contributed by atoms with van der Waals surface area (Å²) in [7, 11) is 5.50. The maximum Gasteiger partial charge on any atom is 0.343 e. The van der Waals surface area contributed by atoms with Crippen LogP contribution in [-0.2, 0) is 0 Å². The van der Waals surface area contributed by atoms with Crippen molar-refractivity contribution in [2.45, 2.75) is 96.1 Å². The summed E-state index contributed by atoms with van der Waals surface area (Å²) in [6, 6.07) is 5.77. The molecular formula is C33H50N8O3. The highest BCUT2D eigenvalue weighted by molar-refractivity contribution is 5.99. The minimum Gasteiger partial charge on any atom is -0.495 e. The number of carbonyl (C=O) groups excluding carboxylic acids is 2. The fourth-order valence-electron chi connectivity index (χ4n) is 6.56. The maximum absolute atomic E-state index is 13.6. The SMILES string of the molecule is CCCCCCCCN1C(=O)N(C)c2cnc(Nc3ccc(C(=O)NC4CCN(C)CC4)cc3OC)nc2N1C1CCCC1. The molecule has 2 N–H and O–H groups in total. The maximum atomic E-state index is 13.6. The highest BCUT2D eigenvalue weighted by Crippen LogP contribution is 2.39. The Bertz CT molecular complexity index is 1280. The van der Waals surface area contributed by atoms with Crippen molar-refractivity contribution in [3.05, 3.63) is 30.0 Å². The first-order valence-electron chi connectivity index (χ1n) is 16.6. The van der Waals surface area contributed by atoms with Crippen molar-refractivity contribution in [1.29, 1.82) is 0 Å². The molecule has 0 atom stereocenters. The summed E-state index contributed by atoms with van der Waals surface area (Å²) in [5.74, 6) is 1.60. The number of carbonyl (C=O) groups is 2. The van der Waals surface area contributed by atoms with Gasteiger partial charge in [0.15, 0.2) is 5.82 Å². The van der Waals surface area contributed by atoms with Crippen LogP contribution < -0.4 is 25.3 Å². The molecular weight excluding hydrogens is 556 g/mol. The topological polar surface area (TPSA) is 106 Å². The van der Waals surface area contributed by atoms with Gasteiger partial charge < -0.3 is 20.3 Å². The molecule has 0 unspecified atom stereocenters. The van der Waals surface area contributed by atoms with Crippen LogP contribution in [0.1, 0.15) is 94.3 Å². The summed E-state index contributed by atoms with van der Waals surface area (Å²) >= 11 is 0. The van der Waals surface area contributed by atoms with Crippen molar-refractivity contribution < 1.29 is 14.3 Å². The minimum atomic E-state index is -0.0974. The second kappa shape index (κ2) is 14.9. The summed E-state index contributed by atoms with van der Waals surface area (Å²) in [5, 5.41) is 10.5. The summed E-state index contributed by atoms with van der Waals surface area (Å²) in [6.07, 6.45) is 15.0. The lowest BCUT2D eigenvalue weighted by Gasteiger charge is -2.46. The third-order valence-corrected chi connectivity index (χ3v) is 9.25. The smallest absolute Gasteiger partial charge is 0.343 e. The van der Waals surface area contributed by atoms with Gasteiger partial charge in [-0.1, -0.05) is 51.9 Å². The highest BCUT2D eigenvalue weighted by Gasteiger charge is 2.40. The van der Waals surface area contributed by atoms with Gasteiger partial charge in [0.2, 0.25) is 5.95 Å². The van der Waals surface area contributed by atoms with Crippen LogP contribution in [0.2, 0.25) is 0 Å². The number of urea groups is 1. The second-order valence-electron chi connectivity index (χ2n) is 12.5. The van der Waals surface area contributed by atoms with E-state index in [0.717, 1.165) is 70.3 Å². The van der Waals surface area contributed by atoms with Crippen LogP contribution in [0.15, 0.2) is 24.4 Å². The van der Waals surface area contributed by atoms with Crippen molar-refractivity contribution in [2.75, 3.05) is 56.1 Å². The van der Waals surface area contributed by atoms with Gasteiger partial charge >= 0.3 is 6.03 Å². The number of nitrogens with one attached hydrogen (secondary N) is 2. The van der Waals surface area contributed by atoms with E-state index < -0.39 is 0 Å². The molecule has 1 aromatic heterocycles. The number of nitrogens with zero attached hydrogens (tertiary/aromatic N) is 6. The number of piperidine rings is 1. The number of likely N-dealkylation sites (tertiary alicyclic amines) is 1. The normalized spacial score (nSPS) is 18.1. The first kappa shape index (κ1) is 31.8. The third-order valence-electron chi connectivity index (χ3n) is 9.25. The van der Waals surface area contributed by atoms with E-state index in [1.54, 1.807) is 37.4 Å². The number of rotatable bonds is 13. The molecule has 44 heavy (non-hydrogen) atoms. The summed E-state index contributed by atoms with van der Waals surface area (Å²) in [6.45, 7) is 4.87. The molecule has 0 spiro atoms. The van der Waals surface area contributed by atoms with E-state index in [1.807, 2.05) is 11.1 Å². The molecule has 0 radical (unpaired) electrons. The van der Waals surface area contributed by atoms with Gasteiger partial charge in [-0.2, -0.15) is 4.98 Å². The molecule has 3 heterocycles. The molecule has 11 heteroatoms. The Morgan fingerprint density at radius 1 is 1.02 bits per heavy atom. The zero-order valence-electron chi connectivity index (χ0n) is 27.0. The second-order valence-corrected chi connectivity index (χ2v) is 12.5. The zero-order valence-corrected chi connectivity index (χ0v) is 27.0. The van der Waals surface area contributed by atoms with E-state index in [0.29, 0.717) is 35.2 Å². The molecule has 1 saturated heterocycles. The standard InChI is InChI=1S/C33H50N8O3/c1-5-6-7-8-9-12-19-40-33(43)39(3)28-23-34-32(37-30(28)41(40)26-13-10-11-14-26)36-27-16-15-24(22-29(27)44-4)31(42)35-25-17-20-38(2)21-18-25/h15-16,22-23,25-26H,5-14,17-21H2,1-4H3,(H,35,42)(H,34,36,37). The van der Waals surface area contributed by atoms with Crippen LogP contribution in [-0.4, -0.2) is 84.7 Å². The van der Waals surface area contributed by atoms with Crippen LogP contribution in [0.25, 0.3) is 0 Å². The molecule has 1 aromatic carbocycles. The van der Waals surface area contributed by atoms with E-state index in [4.69, 9.17) is 9.72 Å². The van der Waals surface area contributed by atoms with E-state index in [9.17, 15) is 9.59 Å². The fraction of sp³-hybridized carbons (Fsp3) is 0.636. The van der Waals surface area contributed by atoms with Crippen LogP contribution in [0.4, 0.5) is 27.9 Å². The van der Waals surface area contributed by atoms with E-state index in [2.05, 4.69) is 39.5 Å². The molecule has 2 aliphatic heterocycles. The molecule has 0 bridgehead atoms. The first-order chi connectivity index (χ1) is 21.4. The minimum absolute atomic E-state index is 0.0296. The Hall–Kier alpha value is -3.60. The molecule has 11 nitrogen and oxygen atoms in total. The Morgan fingerprint density at radius 2 is 1.75 bits per heavy atom. The lowest BCUT2D eigenvalue weighted by molar-refractivity contribution is 0.0916. The van der Waals surface area contributed by atoms with Gasteiger partial charge in [0.25, 0.3) is 5.91 Å². The lowest BCUT2D eigenvalue weighted by Crippen LogP contribution is -2.59. The van der Waals surface area contributed by atoms with Crippen molar-refractivity contribution in [3.8, 4) is 5.75 Å². The van der Waals surface area contributed by atoms with Crippen LogP contribution >= 0.6 is 0 Å². The van der Waals surface area contributed by atoms with Crippen LogP contribution in [0.3, 0.4) is 0 Å². The number of ether oxygens (including phenoxy) is 1. The van der Waals surface area contributed by atoms with Crippen molar-refractivity contribution >= 4 is 35.1 Å². The monoisotopic (exact) mass is 606 g/mol. The molecule has 2 aromatic rings. The number of aromatic nitrogens is 2. The van der Waals surface area contributed by atoms with Gasteiger partial charge in [-0.3, -0.25) is 14.7 Å². The van der Waals surface area contributed by atoms with Gasteiger partial charge in [-0.25, -0.2) is 14.8 Å². The predicted molar refractivity (Wildman–Crippen MR) is 175 cm³/mol. The molecule has 3 aliphatic rings. The molecule has 1 aliphatic carbocycles.